The van der Waals surface area contributed by atoms with E-state index in [1.807, 2.05) is 7.05 Å². The molecule has 2 heterocycles. The first-order valence-corrected chi connectivity index (χ1v) is 5.53. The van der Waals surface area contributed by atoms with Crippen LogP contribution in [0.15, 0.2) is 12.4 Å². The number of hydrogen-bond acceptors (Lipinski definition) is 4. The van der Waals surface area contributed by atoms with Crippen molar-refractivity contribution in [1.82, 2.24) is 15.3 Å². The molecular weight excluding hydrogens is 247 g/mol. The van der Waals surface area contributed by atoms with Crippen molar-refractivity contribution in [1.29, 1.82) is 0 Å². The first-order valence-electron chi connectivity index (χ1n) is 5.15. The summed E-state index contributed by atoms with van der Waals surface area (Å²) in [5.41, 5.74) is 0. The molecule has 1 saturated heterocycles. The molecule has 1 N–H and O–H groups in total. The van der Waals surface area contributed by atoms with E-state index in [-0.39, 0.29) is 12.4 Å². The Hall–Kier alpha value is -0.580. The van der Waals surface area contributed by atoms with Gasteiger partial charge in [0, 0.05) is 13.6 Å². The molecular formula is C10H16Cl2N4. The Balaban J connectivity index is 0.00000128. The molecule has 0 bridgehead atoms. The van der Waals surface area contributed by atoms with Crippen LogP contribution in [0.5, 0.6) is 0 Å². The van der Waals surface area contributed by atoms with E-state index in [9.17, 15) is 0 Å². The summed E-state index contributed by atoms with van der Waals surface area (Å²) in [6.07, 6.45) is 4.50. The third-order valence-electron chi connectivity index (χ3n) is 2.64. The molecule has 16 heavy (non-hydrogen) atoms. The molecule has 0 radical (unpaired) electrons. The van der Waals surface area contributed by atoms with Gasteiger partial charge in [-0.2, -0.15) is 0 Å². The van der Waals surface area contributed by atoms with Gasteiger partial charge in [-0.25, -0.2) is 9.97 Å². The highest BCUT2D eigenvalue weighted by molar-refractivity contribution is 6.30. The average molecular weight is 263 g/mol. The van der Waals surface area contributed by atoms with Crippen LogP contribution in [-0.2, 0) is 0 Å². The van der Waals surface area contributed by atoms with Gasteiger partial charge in [-0.05, 0) is 25.4 Å². The first-order chi connectivity index (χ1) is 7.25. The zero-order chi connectivity index (χ0) is 10.7. The van der Waals surface area contributed by atoms with E-state index in [0.717, 1.165) is 25.6 Å². The molecule has 0 saturated carbocycles. The van der Waals surface area contributed by atoms with Crippen molar-refractivity contribution in [3.8, 4) is 0 Å². The summed E-state index contributed by atoms with van der Waals surface area (Å²) in [6.45, 7) is 3.21. The Morgan fingerprint density at radius 3 is 2.75 bits per heavy atom. The van der Waals surface area contributed by atoms with Crippen molar-refractivity contribution in [3.63, 3.8) is 0 Å². The molecule has 1 atom stereocenters. The number of anilines is 1. The van der Waals surface area contributed by atoms with Crippen LogP contribution in [0.2, 0.25) is 5.02 Å². The van der Waals surface area contributed by atoms with E-state index in [4.69, 9.17) is 11.6 Å². The third kappa shape index (κ3) is 3.47. The standard InChI is InChI=1S/C10H15ClN4.ClH/c1-15(7-8-2-3-12-4-8)10-13-5-9(11)6-14-10;/h5-6,8,12H,2-4,7H2,1H3;1H. The van der Waals surface area contributed by atoms with Crippen molar-refractivity contribution in [2.75, 3.05) is 31.6 Å². The lowest BCUT2D eigenvalue weighted by molar-refractivity contribution is 0.573. The fraction of sp³-hybridized carbons (Fsp3) is 0.600. The van der Waals surface area contributed by atoms with Gasteiger partial charge in [0.25, 0.3) is 0 Å². The lowest BCUT2D eigenvalue weighted by Crippen LogP contribution is -2.28. The molecule has 0 aliphatic carbocycles. The minimum atomic E-state index is 0. The molecule has 1 fully saturated rings. The predicted molar refractivity (Wildman–Crippen MR) is 68.5 cm³/mol. The Kier molecular flexibility index (Phi) is 5.25. The van der Waals surface area contributed by atoms with E-state index < -0.39 is 0 Å². The minimum Gasteiger partial charge on any atom is -0.344 e. The van der Waals surface area contributed by atoms with Crippen molar-refractivity contribution in [2.45, 2.75) is 6.42 Å². The molecule has 1 aromatic heterocycles. The molecule has 90 valence electrons. The second-order valence-corrected chi connectivity index (χ2v) is 4.38. The Bertz CT molecular complexity index is 311. The zero-order valence-electron chi connectivity index (χ0n) is 9.19. The van der Waals surface area contributed by atoms with Crippen LogP contribution in [0.25, 0.3) is 0 Å². The molecule has 0 spiro atoms. The Morgan fingerprint density at radius 1 is 1.50 bits per heavy atom. The number of halogens is 2. The molecule has 2 rings (SSSR count). The maximum atomic E-state index is 5.73. The summed E-state index contributed by atoms with van der Waals surface area (Å²) < 4.78 is 0. The topological polar surface area (TPSA) is 41.0 Å². The molecule has 0 amide bonds. The molecule has 0 aromatic carbocycles. The van der Waals surface area contributed by atoms with Crippen LogP contribution in [0, 0.1) is 5.92 Å². The third-order valence-corrected chi connectivity index (χ3v) is 2.84. The van der Waals surface area contributed by atoms with Gasteiger partial charge in [-0.15, -0.1) is 12.4 Å². The lowest BCUT2D eigenvalue weighted by Gasteiger charge is -2.20. The SMILES string of the molecule is CN(CC1CCNC1)c1ncc(Cl)cn1.Cl. The molecule has 1 aromatic rings. The number of nitrogens with zero attached hydrogens (tertiary/aromatic N) is 3. The summed E-state index contributed by atoms with van der Waals surface area (Å²) in [5, 5.41) is 3.93. The fourth-order valence-electron chi connectivity index (χ4n) is 1.84. The Morgan fingerprint density at radius 2 is 2.19 bits per heavy atom. The van der Waals surface area contributed by atoms with Crippen LogP contribution in [0.1, 0.15) is 6.42 Å². The smallest absolute Gasteiger partial charge is 0.225 e. The van der Waals surface area contributed by atoms with E-state index in [2.05, 4.69) is 20.2 Å². The molecule has 6 heteroatoms. The molecule has 1 aliphatic heterocycles. The monoisotopic (exact) mass is 262 g/mol. The largest absolute Gasteiger partial charge is 0.344 e. The van der Waals surface area contributed by atoms with Crippen molar-refractivity contribution in [3.05, 3.63) is 17.4 Å². The van der Waals surface area contributed by atoms with Crippen molar-refractivity contribution in [2.24, 2.45) is 5.92 Å². The molecule has 1 unspecified atom stereocenters. The van der Waals surface area contributed by atoms with Crippen LogP contribution < -0.4 is 10.2 Å². The van der Waals surface area contributed by atoms with Gasteiger partial charge in [-0.1, -0.05) is 11.6 Å². The summed E-state index contributed by atoms with van der Waals surface area (Å²) in [7, 11) is 2.02. The minimum absolute atomic E-state index is 0. The van der Waals surface area contributed by atoms with Gasteiger partial charge < -0.3 is 10.2 Å². The maximum absolute atomic E-state index is 5.73. The van der Waals surface area contributed by atoms with Gasteiger partial charge in [0.15, 0.2) is 0 Å². The summed E-state index contributed by atoms with van der Waals surface area (Å²) in [5.74, 6) is 1.44. The van der Waals surface area contributed by atoms with Crippen LogP contribution >= 0.6 is 24.0 Å². The maximum Gasteiger partial charge on any atom is 0.225 e. The number of nitrogens with one attached hydrogen (secondary N) is 1. The lowest BCUT2D eigenvalue weighted by atomic mass is 10.1. The van der Waals surface area contributed by atoms with Crippen LogP contribution in [0.3, 0.4) is 0 Å². The fourth-order valence-corrected chi connectivity index (χ4v) is 1.94. The van der Waals surface area contributed by atoms with E-state index in [1.165, 1.54) is 6.42 Å². The zero-order valence-corrected chi connectivity index (χ0v) is 10.8. The van der Waals surface area contributed by atoms with Gasteiger partial charge in [0.05, 0.1) is 17.4 Å². The number of hydrogen-bond donors (Lipinski definition) is 1. The van der Waals surface area contributed by atoms with Crippen LogP contribution in [0.4, 0.5) is 5.95 Å². The van der Waals surface area contributed by atoms with Gasteiger partial charge in [0.2, 0.25) is 5.95 Å². The van der Waals surface area contributed by atoms with Gasteiger partial charge in [-0.3, -0.25) is 0 Å². The summed E-state index contributed by atoms with van der Waals surface area (Å²) >= 11 is 5.73. The second kappa shape index (κ2) is 6.23. The highest BCUT2D eigenvalue weighted by atomic mass is 35.5. The highest BCUT2D eigenvalue weighted by Gasteiger charge is 2.17. The normalized spacial score (nSPS) is 19.2. The first kappa shape index (κ1) is 13.5. The van der Waals surface area contributed by atoms with Crippen molar-refractivity contribution >= 4 is 30.0 Å². The van der Waals surface area contributed by atoms with E-state index in [0.29, 0.717) is 10.9 Å². The molecule has 4 nitrogen and oxygen atoms in total. The van der Waals surface area contributed by atoms with E-state index in [1.54, 1.807) is 12.4 Å². The van der Waals surface area contributed by atoms with Gasteiger partial charge >= 0.3 is 0 Å². The predicted octanol–water partition coefficient (Wildman–Crippen LogP) is 1.60. The summed E-state index contributed by atoms with van der Waals surface area (Å²) in [6, 6.07) is 0. The van der Waals surface area contributed by atoms with E-state index >= 15 is 0 Å². The van der Waals surface area contributed by atoms with Crippen molar-refractivity contribution < 1.29 is 0 Å². The Labute approximate surface area is 107 Å². The summed E-state index contributed by atoms with van der Waals surface area (Å²) in [4.78, 5) is 10.4. The second-order valence-electron chi connectivity index (χ2n) is 3.94. The average Bonchev–Trinajstić information content (AvgIpc) is 2.71. The van der Waals surface area contributed by atoms with Crippen LogP contribution in [-0.4, -0.2) is 36.6 Å². The quantitative estimate of drug-likeness (QED) is 0.899. The number of rotatable bonds is 3. The molecule has 1 aliphatic rings. The highest BCUT2D eigenvalue weighted by Crippen LogP contribution is 2.13. The van der Waals surface area contributed by atoms with Gasteiger partial charge in [0.1, 0.15) is 0 Å². The number of aromatic nitrogens is 2.